The zero-order valence-electron chi connectivity index (χ0n) is 12.6. The zero-order chi connectivity index (χ0) is 15.5. The highest BCUT2D eigenvalue weighted by atomic mass is 32.2. The molecule has 0 spiro atoms. The molecule has 1 unspecified atom stereocenters. The summed E-state index contributed by atoms with van der Waals surface area (Å²) in [5, 5.41) is 5.24. The number of benzene rings is 1. The second-order valence-corrected chi connectivity index (χ2v) is 6.77. The number of hydrogen-bond acceptors (Lipinski definition) is 4. The molecule has 1 rings (SSSR count). The minimum Gasteiger partial charge on any atom is -0.488 e. The third-order valence-electron chi connectivity index (χ3n) is 2.97. The van der Waals surface area contributed by atoms with Crippen molar-refractivity contribution in [3.05, 3.63) is 23.3 Å². The molecular formula is C14H23NO4S. The molecule has 1 aromatic rings. The highest BCUT2D eigenvalue weighted by Crippen LogP contribution is 2.32. The minimum absolute atomic E-state index is 0.114. The Kier molecular flexibility index (Phi) is 5.56. The second kappa shape index (κ2) is 6.56. The Bertz CT molecular complexity index is 567. The summed E-state index contributed by atoms with van der Waals surface area (Å²) in [6, 6.07) is 3.32. The van der Waals surface area contributed by atoms with Gasteiger partial charge in [-0.15, -0.1) is 0 Å². The highest BCUT2D eigenvalue weighted by Gasteiger charge is 2.19. The average molecular weight is 301 g/mol. The smallest absolute Gasteiger partial charge is 0.238 e. The summed E-state index contributed by atoms with van der Waals surface area (Å²) in [5.41, 5.74) is 1.40. The van der Waals surface area contributed by atoms with Crippen LogP contribution in [0.3, 0.4) is 0 Å². The van der Waals surface area contributed by atoms with Crippen molar-refractivity contribution in [2.75, 3.05) is 13.7 Å². The maximum absolute atomic E-state index is 11.6. The molecule has 20 heavy (non-hydrogen) atoms. The monoisotopic (exact) mass is 301 g/mol. The molecule has 1 atom stereocenters. The van der Waals surface area contributed by atoms with Crippen LogP contribution in [0.25, 0.3) is 0 Å². The molecule has 0 saturated carbocycles. The van der Waals surface area contributed by atoms with E-state index in [2.05, 4.69) is 0 Å². The maximum atomic E-state index is 11.6. The standard InChI is InChI=1S/C14H23NO4S/c1-9(2)12-7-14(20(15,16)17)10(3)6-13(12)19-11(4)8-18-5/h6-7,9,11H,8H2,1-5H3,(H2,15,16,17). The van der Waals surface area contributed by atoms with Gasteiger partial charge in [0.1, 0.15) is 11.9 Å². The fourth-order valence-corrected chi connectivity index (χ4v) is 2.82. The van der Waals surface area contributed by atoms with Gasteiger partial charge in [0.2, 0.25) is 10.0 Å². The SMILES string of the molecule is COCC(C)Oc1cc(C)c(S(N)(=O)=O)cc1C(C)C. The van der Waals surface area contributed by atoms with Gasteiger partial charge in [0, 0.05) is 7.11 Å². The van der Waals surface area contributed by atoms with Crippen molar-refractivity contribution in [2.45, 2.75) is 44.6 Å². The summed E-state index contributed by atoms with van der Waals surface area (Å²) in [6.45, 7) is 8.03. The van der Waals surface area contributed by atoms with Crippen LogP contribution in [0.15, 0.2) is 17.0 Å². The van der Waals surface area contributed by atoms with Crippen molar-refractivity contribution in [1.29, 1.82) is 0 Å². The van der Waals surface area contributed by atoms with E-state index >= 15 is 0 Å². The summed E-state index contributed by atoms with van der Waals surface area (Å²) in [7, 11) is -2.12. The van der Waals surface area contributed by atoms with Crippen molar-refractivity contribution in [3.8, 4) is 5.75 Å². The van der Waals surface area contributed by atoms with Crippen LogP contribution in [0.1, 0.15) is 37.8 Å². The molecule has 6 heteroatoms. The van der Waals surface area contributed by atoms with Gasteiger partial charge in [0.25, 0.3) is 0 Å². The lowest BCUT2D eigenvalue weighted by atomic mass is 10.0. The average Bonchev–Trinajstić information content (AvgIpc) is 2.26. The van der Waals surface area contributed by atoms with Crippen LogP contribution in [-0.4, -0.2) is 28.2 Å². The molecular weight excluding hydrogens is 278 g/mol. The van der Waals surface area contributed by atoms with Crippen LogP contribution in [0.4, 0.5) is 0 Å². The number of ether oxygens (including phenoxy) is 2. The van der Waals surface area contributed by atoms with Crippen molar-refractivity contribution in [1.82, 2.24) is 0 Å². The Morgan fingerprint density at radius 2 is 1.85 bits per heavy atom. The molecule has 0 saturated heterocycles. The van der Waals surface area contributed by atoms with Gasteiger partial charge < -0.3 is 9.47 Å². The number of aryl methyl sites for hydroxylation is 1. The van der Waals surface area contributed by atoms with Crippen molar-refractivity contribution in [2.24, 2.45) is 5.14 Å². The fourth-order valence-electron chi connectivity index (χ4n) is 2.02. The summed E-state index contributed by atoms with van der Waals surface area (Å²) < 4.78 is 34.0. The van der Waals surface area contributed by atoms with E-state index in [4.69, 9.17) is 14.6 Å². The van der Waals surface area contributed by atoms with E-state index < -0.39 is 10.0 Å². The van der Waals surface area contributed by atoms with Crippen LogP contribution in [-0.2, 0) is 14.8 Å². The molecule has 0 radical (unpaired) electrons. The summed E-state index contributed by atoms with van der Waals surface area (Å²) in [6.07, 6.45) is -0.114. The Morgan fingerprint density at radius 3 is 2.30 bits per heavy atom. The number of rotatable bonds is 6. The lowest BCUT2D eigenvalue weighted by Gasteiger charge is -2.20. The van der Waals surface area contributed by atoms with E-state index in [0.29, 0.717) is 17.9 Å². The van der Waals surface area contributed by atoms with Gasteiger partial charge in [0.05, 0.1) is 11.5 Å². The first-order valence-corrected chi connectivity index (χ1v) is 8.04. The molecule has 0 aliphatic carbocycles. The Balaban J connectivity index is 3.28. The van der Waals surface area contributed by atoms with Crippen molar-refractivity contribution < 1.29 is 17.9 Å². The van der Waals surface area contributed by atoms with E-state index in [9.17, 15) is 8.42 Å². The first-order valence-electron chi connectivity index (χ1n) is 6.49. The van der Waals surface area contributed by atoms with Gasteiger partial charge in [-0.3, -0.25) is 0 Å². The third-order valence-corrected chi connectivity index (χ3v) is 4.02. The summed E-state index contributed by atoms with van der Waals surface area (Å²) in [5.74, 6) is 0.801. The van der Waals surface area contributed by atoms with Crippen molar-refractivity contribution in [3.63, 3.8) is 0 Å². The largest absolute Gasteiger partial charge is 0.488 e. The van der Waals surface area contributed by atoms with E-state index in [1.807, 2.05) is 20.8 Å². The van der Waals surface area contributed by atoms with Crippen LogP contribution in [0.5, 0.6) is 5.75 Å². The lowest BCUT2D eigenvalue weighted by molar-refractivity contribution is 0.0911. The Labute approximate surface area is 121 Å². The molecule has 0 aliphatic rings. The zero-order valence-corrected chi connectivity index (χ0v) is 13.5. The molecule has 0 heterocycles. The van der Waals surface area contributed by atoms with Gasteiger partial charge in [-0.2, -0.15) is 0 Å². The van der Waals surface area contributed by atoms with Crippen molar-refractivity contribution >= 4 is 10.0 Å². The van der Waals surface area contributed by atoms with Crippen LogP contribution in [0.2, 0.25) is 0 Å². The molecule has 0 aliphatic heterocycles. The van der Waals surface area contributed by atoms with E-state index in [-0.39, 0.29) is 16.9 Å². The highest BCUT2D eigenvalue weighted by molar-refractivity contribution is 7.89. The maximum Gasteiger partial charge on any atom is 0.238 e. The van der Waals surface area contributed by atoms with Crippen LogP contribution < -0.4 is 9.88 Å². The summed E-state index contributed by atoms with van der Waals surface area (Å²) in [4.78, 5) is 0.146. The van der Waals surface area contributed by atoms with Crippen LogP contribution >= 0.6 is 0 Å². The second-order valence-electron chi connectivity index (χ2n) is 5.24. The quantitative estimate of drug-likeness (QED) is 0.873. The molecule has 114 valence electrons. The molecule has 0 amide bonds. The summed E-state index contributed by atoms with van der Waals surface area (Å²) >= 11 is 0. The van der Waals surface area contributed by atoms with Crippen LogP contribution in [0, 0.1) is 6.92 Å². The van der Waals surface area contributed by atoms with Gasteiger partial charge in [0.15, 0.2) is 0 Å². The van der Waals surface area contributed by atoms with Gasteiger partial charge in [-0.25, -0.2) is 13.6 Å². The first kappa shape index (κ1) is 16.9. The van der Waals surface area contributed by atoms with E-state index in [1.54, 1.807) is 26.2 Å². The number of sulfonamides is 1. The molecule has 0 aromatic heterocycles. The number of hydrogen-bond donors (Lipinski definition) is 1. The topological polar surface area (TPSA) is 78.6 Å². The molecule has 2 N–H and O–H groups in total. The predicted octanol–water partition coefficient (Wildman–Crippen LogP) is 2.18. The normalized spacial score (nSPS) is 13.6. The third kappa shape index (κ3) is 4.19. The number of primary sulfonamides is 1. The minimum atomic E-state index is -3.73. The number of nitrogens with two attached hydrogens (primary N) is 1. The molecule has 5 nitrogen and oxygen atoms in total. The molecule has 0 fully saturated rings. The van der Waals surface area contributed by atoms with Gasteiger partial charge >= 0.3 is 0 Å². The van der Waals surface area contributed by atoms with E-state index in [0.717, 1.165) is 5.56 Å². The van der Waals surface area contributed by atoms with E-state index in [1.165, 1.54) is 0 Å². The first-order chi connectivity index (χ1) is 9.16. The molecule has 1 aromatic carbocycles. The van der Waals surface area contributed by atoms with Gasteiger partial charge in [-0.05, 0) is 43.0 Å². The lowest BCUT2D eigenvalue weighted by Crippen LogP contribution is -2.20. The molecule has 0 bridgehead atoms. The van der Waals surface area contributed by atoms with Gasteiger partial charge in [-0.1, -0.05) is 13.8 Å². The Morgan fingerprint density at radius 1 is 1.25 bits per heavy atom. The Hall–Kier alpha value is -1.11. The fraction of sp³-hybridized carbons (Fsp3) is 0.571. The predicted molar refractivity (Wildman–Crippen MR) is 78.6 cm³/mol. The number of methoxy groups -OCH3 is 1.